The molecule has 16 heavy (non-hydrogen) atoms. The minimum absolute atomic E-state index is 0.478. The predicted molar refractivity (Wildman–Crippen MR) is 59.6 cm³/mol. The Morgan fingerprint density at radius 3 is 3.25 bits per heavy atom. The number of rotatable bonds is 3. The number of aromatic nitrogens is 4. The molecule has 0 radical (unpaired) electrons. The maximum absolute atomic E-state index is 4.05. The second kappa shape index (κ2) is 4.09. The van der Waals surface area contributed by atoms with Gasteiger partial charge in [-0.1, -0.05) is 0 Å². The number of imidazole rings is 1. The van der Waals surface area contributed by atoms with Crippen molar-refractivity contribution >= 4 is 0 Å². The van der Waals surface area contributed by atoms with Crippen LogP contribution in [0.15, 0.2) is 24.8 Å². The molecule has 5 nitrogen and oxygen atoms in total. The Labute approximate surface area is 93.9 Å². The van der Waals surface area contributed by atoms with Gasteiger partial charge in [-0.2, -0.15) is 5.10 Å². The topological polar surface area (TPSA) is 60.6 Å². The van der Waals surface area contributed by atoms with Gasteiger partial charge >= 0.3 is 0 Å². The van der Waals surface area contributed by atoms with Gasteiger partial charge in [0.05, 0.1) is 18.1 Å². The van der Waals surface area contributed by atoms with Crippen LogP contribution in [0.3, 0.4) is 0 Å². The Hall–Kier alpha value is -1.62. The molecule has 0 bridgehead atoms. The number of nitrogens with zero attached hydrogens (tertiary/aromatic N) is 3. The summed E-state index contributed by atoms with van der Waals surface area (Å²) in [5.74, 6) is 0. The molecule has 3 heterocycles. The van der Waals surface area contributed by atoms with Gasteiger partial charge in [-0.25, -0.2) is 4.98 Å². The predicted octanol–water partition coefficient (Wildman–Crippen LogP) is 1.47. The van der Waals surface area contributed by atoms with Crippen LogP contribution in [0.5, 0.6) is 0 Å². The minimum Gasteiger partial charge on any atom is -0.347 e. The zero-order valence-corrected chi connectivity index (χ0v) is 9.06. The van der Waals surface area contributed by atoms with Gasteiger partial charge in [0.25, 0.3) is 0 Å². The summed E-state index contributed by atoms with van der Waals surface area (Å²) in [5.41, 5.74) is 2.39. The molecule has 2 aromatic rings. The highest BCUT2D eigenvalue weighted by atomic mass is 15.2. The highest BCUT2D eigenvalue weighted by Crippen LogP contribution is 2.31. The molecule has 5 heteroatoms. The van der Waals surface area contributed by atoms with Crippen molar-refractivity contribution < 1.29 is 0 Å². The van der Waals surface area contributed by atoms with E-state index < -0.39 is 0 Å². The third-order valence-corrected chi connectivity index (χ3v) is 3.17. The first-order chi connectivity index (χ1) is 7.93. The van der Waals surface area contributed by atoms with E-state index in [0.717, 1.165) is 13.1 Å². The van der Waals surface area contributed by atoms with Gasteiger partial charge in [-0.05, 0) is 25.5 Å². The van der Waals surface area contributed by atoms with Crippen LogP contribution >= 0.6 is 0 Å². The van der Waals surface area contributed by atoms with Gasteiger partial charge in [0.15, 0.2) is 0 Å². The van der Waals surface area contributed by atoms with Crippen LogP contribution in [-0.2, 0) is 6.54 Å². The molecule has 84 valence electrons. The van der Waals surface area contributed by atoms with Crippen molar-refractivity contribution in [2.45, 2.75) is 25.4 Å². The maximum atomic E-state index is 4.05. The van der Waals surface area contributed by atoms with Crippen molar-refractivity contribution in [1.29, 1.82) is 0 Å². The van der Waals surface area contributed by atoms with Crippen LogP contribution in [0.25, 0.3) is 0 Å². The molecule has 2 aromatic heterocycles. The van der Waals surface area contributed by atoms with Crippen molar-refractivity contribution in [2.75, 3.05) is 6.54 Å². The average molecular weight is 217 g/mol. The van der Waals surface area contributed by atoms with Crippen LogP contribution in [0, 0.1) is 0 Å². The second-order valence-corrected chi connectivity index (χ2v) is 4.22. The summed E-state index contributed by atoms with van der Waals surface area (Å²) in [5, 5.41) is 7.10. The molecule has 3 rings (SSSR count). The third-order valence-electron chi connectivity index (χ3n) is 3.17. The van der Waals surface area contributed by atoms with E-state index in [0.29, 0.717) is 6.04 Å². The number of aromatic amines is 2. The molecule has 0 spiro atoms. The van der Waals surface area contributed by atoms with E-state index in [2.05, 4.69) is 31.1 Å². The molecule has 1 aliphatic heterocycles. The fraction of sp³-hybridized carbons (Fsp3) is 0.455. The molecule has 1 fully saturated rings. The van der Waals surface area contributed by atoms with Crippen LogP contribution in [0.2, 0.25) is 0 Å². The van der Waals surface area contributed by atoms with Gasteiger partial charge in [0, 0.05) is 24.6 Å². The van der Waals surface area contributed by atoms with E-state index in [1.165, 1.54) is 24.2 Å². The van der Waals surface area contributed by atoms with Crippen LogP contribution < -0.4 is 0 Å². The number of H-pyrrole nitrogens is 2. The molecular weight excluding hydrogens is 202 g/mol. The smallest absolute Gasteiger partial charge is 0.0922 e. The van der Waals surface area contributed by atoms with E-state index in [1.807, 2.05) is 12.4 Å². The molecule has 0 aliphatic carbocycles. The lowest BCUT2D eigenvalue weighted by Crippen LogP contribution is -2.23. The van der Waals surface area contributed by atoms with Crippen molar-refractivity contribution in [2.24, 2.45) is 0 Å². The lowest BCUT2D eigenvalue weighted by Gasteiger charge is -2.22. The van der Waals surface area contributed by atoms with E-state index >= 15 is 0 Å². The summed E-state index contributed by atoms with van der Waals surface area (Å²) in [6.07, 6.45) is 7.90. The zero-order chi connectivity index (χ0) is 10.8. The molecule has 0 saturated carbocycles. The van der Waals surface area contributed by atoms with E-state index in [4.69, 9.17) is 0 Å². The van der Waals surface area contributed by atoms with Gasteiger partial charge in [0.1, 0.15) is 0 Å². The fourth-order valence-electron chi connectivity index (χ4n) is 2.41. The van der Waals surface area contributed by atoms with Crippen molar-refractivity contribution in [3.8, 4) is 0 Å². The standard InChI is InChI=1S/C11H15N5/c1-2-11(10-3-4-14-15-10)16(5-1)7-9-6-12-8-13-9/h3-4,6,8,11H,1-2,5,7H2,(H,12,13)(H,14,15). The first-order valence-corrected chi connectivity index (χ1v) is 5.64. The quantitative estimate of drug-likeness (QED) is 0.818. The Kier molecular flexibility index (Phi) is 2.46. The monoisotopic (exact) mass is 217 g/mol. The SMILES string of the molecule is c1cc(C2CCCN2Cc2cnc[nH]2)[nH]n1. The summed E-state index contributed by atoms with van der Waals surface area (Å²) in [4.78, 5) is 9.66. The summed E-state index contributed by atoms with van der Waals surface area (Å²) >= 11 is 0. The van der Waals surface area contributed by atoms with Crippen molar-refractivity contribution in [1.82, 2.24) is 25.1 Å². The number of hydrogen-bond acceptors (Lipinski definition) is 3. The van der Waals surface area contributed by atoms with Gasteiger partial charge in [-0.15, -0.1) is 0 Å². The summed E-state index contributed by atoms with van der Waals surface area (Å²) in [6.45, 7) is 2.08. The van der Waals surface area contributed by atoms with Crippen molar-refractivity contribution in [3.63, 3.8) is 0 Å². The third kappa shape index (κ3) is 1.74. The first kappa shape index (κ1) is 9.59. The maximum Gasteiger partial charge on any atom is 0.0922 e. The first-order valence-electron chi connectivity index (χ1n) is 5.64. The largest absolute Gasteiger partial charge is 0.347 e. The molecule has 2 N–H and O–H groups in total. The van der Waals surface area contributed by atoms with Gasteiger partial charge in [0.2, 0.25) is 0 Å². The number of nitrogens with one attached hydrogen (secondary N) is 2. The van der Waals surface area contributed by atoms with Crippen molar-refractivity contribution in [3.05, 3.63) is 36.2 Å². The average Bonchev–Trinajstić information content (AvgIpc) is 2.98. The van der Waals surface area contributed by atoms with Gasteiger partial charge in [-0.3, -0.25) is 10.00 Å². The molecule has 0 aromatic carbocycles. The normalized spacial score (nSPS) is 21.6. The summed E-state index contributed by atoms with van der Waals surface area (Å²) in [6, 6.07) is 2.54. The molecule has 1 aliphatic rings. The lowest BCUT2D eigenvalue weighted by atomic mass is 10.1. The Morgan fingerprint density at radius 1 is 1.50 bits per heavy atom. The summed E-state index contributed by atoms with van der Waals surface area (Å²) in [7, 11) is 0. The Morgan fingerprint density at radius 2 is 2.50 bits per heavy atom. The van der Waals surface area contributed by atoms with E-state index in [9.17, 15) is 0 Å². The molecule has 1 atom stereocenters. The zero-order valence-electron chi connectivity index (χ0n) is 9.06. The second-order valence-electron chi connectivity index (χ2n) is 4.22. The Bertz CT molecular complexity index is 419. The van der Waals surface area contributed by atoms with Gasteiger partial charge < -0.3 is 4.98 Å². The number of likely N-dealkylation sites (tertiary alicyclic amines) is 1. The van der Waals surface area contributed by atoms with E-state index in [1.54, 1.807) is 6.33 Å². The van der Waals surface area contributed by atoms with Crippen LogP contribution in [0.1, 0.15) is 30.3 Å². The number of hydrogen-bond donors (Lipinski definition) is 2. The highest BCUT2D eigenvalue weighted by molar-refractivity contribution is 5.08. The molecule has 1 unspecified atom stereocenters. The Balaban J connectivity index is 1.75. The highest BCUT2D eigenvalue weighted by Gasteiger charge is 2.26. The molecule has 0 amide bonds. The lowest BCUT2D eigenvalue weighted by molar-refractivity contribution is 0.242. The summed E-state index contributed by atoms with van der Waals surface area (Å²) < 4.78 is 0. The van der Waals surface area contributed by atoms with Crippen LogP contribution in [0.4, 0.5) is 0 Å². The molecular formula is C11H15N5. The van der Waals surface area contributed by atoms with Crippen LogP contribution in [-0.4, -0.2) is 31.6 Å². The minimum atomic E-state index is 0.478. The fourth-order valence-corrected chi connectivity index (χ4v) is 2.41. The molecule has 1 saturated heterocycles. The van der Waals surface area contributed by atoms with E-state index in [-0.39, 0.29) is 0 Å².